The highest BCUT2D eigenvalue weighted by atomic mass is 19.4. The van der Waals surface area contributed by atoms with Gasteiger partial charge in [-0.05, 0) is 13.8 Å². The molecule has 146 valence electrons. The molecule has 0 amide bonds. The van der Waals surface area contributed by atoms with Crippen LogP contribution in [0.2, 0.25) is 0 Å². The Hall–Kier alpha value is -0.910. The molecule has 0 aromatic rings. The minimum absolute atomic E-state index is 0.138. The van der Waals surface area contributed by atoms with E-state index in [0.717, 1.165) is 0 Å². The third-order valence-electron chi connectivity index (χ3n) is 3.23. The third kappa shape index (κ3) is 2.71. The Bertz CT molecular complexity index is 457. The molecule has 0 atom stereocenters. The van der Waals surface area contributed by atoms with Gasteiger partial charge in [0.1, 0.15) is 0 Å². The zero-order valence-corrected chi connectivity index (χ0v) is 12.1. The minimum Gasteiger partial charge on any atom is -0.238 e. The monoisotopic (exact) mass is 390 g/mol. The second-order valence-corrected chi connectivity index (χ2v) is 5.40. The van der Waals surface area contributed by atoms with Crippen molar-refractivity contribution in [1.82, 2.24) is 0 Å². The van der Waals surface area contributed by atoms with Gasteiger partial charge in [0, 0.05) is 6.42 Å². The van der Waals surface area contributed by atoms with Gasteiger partial charge in [-0.2, -0.15) is 52.7 Å². The van der Waals surface area contributed by atoms with E-state index in [-0.39, 0.29) is 6.92 Å². The van der Waals surface area contributed by atoms with Gasteiger partial charge < -0.3 is 0 Å². The highest BCUT2D eigenvalue weighted by Crippen LogP contribution is 2.62. The van der Waals surface area contributed by atoms with Crippen molar-refractivity contribution in [1.29, 1.82) is 0 Å². The van der Waals surface area contributed by atoms with Gasteiger partial charge in [-0.25, -0.2) is 4.39 Å². The first-order valence-electron chi connectivity index (χ1n) is 6.02. The molecule has 0 aromatic carbocycles. The van der Waals surface area contributed by atoms with Crippen molar-refractivity contribution >= 4 is 0 Å². The maximum Gasteiger partial charge on any atom is 0.384 e. The lowest BCUT2D eigenvalue weighted by atomic mass is 9.86. The molecule has 0 aliphatic rings. The summed E-state index contributed by atoms with van der Waals surface area (Å²) in [5, 5.41) is 0. The van der Waals surface area contributed by atoms with Crippen molar-refractivity contribution in [3.05, 3.63) is 0 Å². The summed E-state index contributed by atoms with van der Waals surface area (Å²) in [4.78, 5) is 0. The molecule has 0 aliphatic carbocycles. The Morgan fingerprint density at radius 2 is 0.708 bits per heavy atom. The molecule has 24 heavy (non-hydrogen) atoms. The summed E-state index contributed by atoms with van der Waals surface area (Å²) in [5.74, 6) is -42.4. The van der Waals surface area contributed by atoms with Crippen molar-refractivity contribution in [3.8, 4) is 0 Å². The summed E-state index contributed by atoms with van der Waals surface area (Å²) in [7, 11) is 0. The maximum atomic E-state index is 13.2. The van der Waals surface area contributed by atoms with E-state index in [0.29, 0.717) is 0 Å². The Kier molecular flexibility index (Phi) is 5.34. The molecule has 0 saturated carbocycles. The number of hydrogen-bond acceptors (Lipinski definition) is 0. The fraction of sp³-hybridized carbons (Fsp3) is 1.00. The predicted octanol–water partition coefficient (Wildman–Crippen LogP) is 5.96. The smallest absolute Gasteiger partial charge is 0.238 e. The molecule has 0 fully saturated rings. The molecule has 0 radical (unpaired) electrons. The van der Waals surface area contributed by atoms with E-state index in [2.05, 4.69) is 0 Å². The molecule has 0 nitrogen and oxygen atoms in total. The lowest BCUT2D eigenvalue weighted by Crippen LogP contribution is -2.72. The van der Waals surface area contributed by atoms with E-state index in [4.69, 9.17) is 0 Å². The minimum atomic E-state index is -7.71. The van der Waals surface area contributed by atoms with Crippen molar-refractivity contribution < 1.29 is 57.1 Å². The van der Waals surface area contributed by atoms with Gasteiger partial charge in [-0.1, -0.05) is 6.92 Å². The van der Waals surface area contributed by atoms with E-state index in [9.17, 15) is 57.1 Å². The summed E-state index contributed by atoms with van der Waals surface area (Å²) in [6.45, 7) is -0.679. The largest absolute Gasteiger partial charge is 0.384 e. The average molecular weight is 390 g/mol. The van der Waals surface area contributed by atoms with Crippen LogP contribution in [-0.4, -0.2) is 41.2 Å². The maximum absolute atomic E-state index is 13.2. The number of alkyl halides is 13. The summed E-state index contributed by atoms with van der Waals surface area (Å²) in [5.41, 5.74) is -4.57. The van der Waals surface area contributed by atoms with Crippen LogP contribution in [0.3, 0.4) is 0 Å². The zero-order chi connectivity index (χ0) is 20.2. The van der Waals surface area contributed by atoms with Crippen molar-refractivity contribution in [2.24, 2.45) is 0 Å². The van der Waals surface area contributed by atoms with Crippen LogP contribution in [0.4, 0.5) is 57.1 Å². The molecule has 0 heterocycles. The van der Waals surface area contributed by atoms with Crippen LogP contribution in [0.5, 0.6) is 0 Å². The fourth-order valence-electron chi connectivity index (χ4n) is 1.42. The molecule has 0 aromatic heterocycles. The van der Waals surface area contributed by atoms with Crippen LogP contribution in [0.1, 0.15) is 27.2 Å². The Balaban J connectivity index is 6.42. The predicted molar refractivity (Wildman–Crippen MR) is 55.2 cm³/mol. The van der Waals surface area contributed by atoms with Gasteiger partial charge in [0.05, 0.1) is 0 Å². The van der Waals surface area contributed by atoms with Gasteiger partial charge in [-0.3, -0.25) is 0 Å². The number of hydrogen-bond donors (Lipinski definition) is 0. The van der Waals surface area contributed by atoms with E-state index in [1.54, 1.807) is 0 Å². The Morgan fingerprint density at radius 3 is 0.958 bits per heavy atom. The van der Waals surface area contributed by atoms with Gasteiger partial charge in [0.15, 0.2) is 5.67 Å². The summed E-state index contributed by atoms with van der Waals surface area (Å²) in [6, 6.07) is 0. The van der Waals surface area contributed by atoms with E-state index < -0.39 is 61.5 Å². The topological polar surface area (TPSA) is 0 Å². The van der Waals surface area contributed by atoms with Crippen molar-refractivity contribution in [3.63, 3.8) is 0 Å². The van der Waals surface area contributed by atoms with Gasteiger partial charge in [-0.15, -0.1) is 0 Å². The van der Waals surface area contributed by atoms with Gasteiger partial charge >= 0.3 is 35.5 Å². The summed E-state index contributed by atoms with van der Waals surface area (Å²) >= 11 is 0. The molecular weight excluding hydrogens is 379 g/mol. The molecule has 0 aliphatic heterocycles. The quantitative estimate of drug-likeness (QED) is 0.471. The zero-order valence-electron chi connectivity index (χ0n) is 12.1. The van der Waals surface area contributed by atoms with E-state index >= 15 is 0 Å². The van der Waals surface area contributed by atoms with Crippen LogP contribution in [0.25, 0.3) is 0 Å². The van der Waals surface area contributed by atoms with Crippen LogP contribution >= 0.6 is 0 Å². The highest BCUT2D eigenvalue weighted by Gasteiger charge is 2.91. The van der Waals surface area contributed by atoms with E-state index in [1.165, 1.54) is 0 Å². The molecule has 0 unspecified atom stereocenters. The molecule has 0 N–H and O–H groups in total. The van der Waals surface area contributed by atoms with Crippen LogP contribution in [-0.2, 0) is 0 Å². The SMILES string of the molecule is CCC(F)(F)C(F)(F)C(F)(F)C(F)(F)C(F)(F)C(F)(F)C(C)(C)F. The highest BCUT2D eigenvalue weighted by molar-refractivity contribution is 5.14. The van der Waals surface area contributed by atoms with Crippen LogP contribution < -0.4 is 0 Å². The second kappa shape index (κ2) is 5.55. The molecule has 0 spiro atoms. The van der Waals surface area contributed by atoms with Crippen molar-refractivity contribution in [2.75, 3.05) is 0 Å². The standard InChI is InChI=1S/C11H11F13/c1-4-6(13,14)8(17,18)10(21,22)11(23,24)9(19,20)7(15,16)5(2,3)12/h4H2,1-3H3. The third-order valence-corrected chi connectivity index (χ3v) is 3.23. The summed E-state index contributed by atoms with van der Waals surface area (Å²) < 4.78 is 170. The first-order chi connectivity index (χ1) is 10.1. The number of rotatable bonds is 7. The van der Waals surface area contributed by atoms with E-state index in [1.807, 2.05) is 0 Å². The molecule has 0 rings (SSSR count). The van der Waals surface area contributed by atoms with Gasteiger partial charge in [0.2, 0.25) is 0 Å². The second-order valence-electron chi connectivity index (χ2n) is 5.40. The summed E-state index contributed by atoms with van der Waals surface area (Å²) in [6.07, 6.45) is -2.19. The van der Waals surface area contributed by atoms with Crippen LogP contribution in [0.15, 0.2) is 0 Å². The molecule has 0 saturated heterocycles. The first-order valence-corrected chi connectivity index (χ1v) is 6.02. The Labute approximate surface area is 127 Å². The first kappa shape index (κ1) is 23.1. The lowest BCUT2D eigenvalue weighted by Gasteiger charge is -2.43. The molecule has 13 heteroatoms. The molecular formula is C11H11F13. The van der Waals surface area contributed by atoms with Crippen LogP contribution in [0, 0.1) is 0 Å². The number of halogens is 13. The van der Waals surface area contributed by atoms with Gasteiger partial charge in [0.25, 0.3) is 0 Å². The van der Waals surface area contributed by atoms with Crippen molar-refractivity contribution in [2.45, 2.75) is 68.4 Å². The lowest BCUT2D eigenvalue weighted by molar-refractivity contribution is -0.433. The molecule has 0 bridgehead atoms. The fourth-order valence-corrected chi connectivity index (χ4v) is 1.42. The normalized spacial score (nSPS) is 16.5. The average Bonchev–Trinajstić information content (AvgIpc) is 2.36. The Morgan fingerprint density at radius 1 is 0.458 bits per heavy atom.